The molecule has 1 N–H and O–H groups in total. The number of nitrogens with zero attached hydrogens (tertiary/aromatic N) is 2. The lowest BCUT2D eigenvalue weighted by atomic mass is 10.2. The van der Waals surface area contributed by atoms with Gasteiger partial charge in [0.05, 0.1) is 18.1 Å². The van der Waals surface area contributed by atoms with E-state index in [9.17, 15) is 19.2 Å². The highest BCUT2D eigenvalue weighted by molar-refractivity contribution is 8.18. The highest BCUT2D eigenvalue weighted by Gasteiger charge is 2.36. The van der Waals surface area contributed by atoms with Crippen LogP contribution in [-0.2, 0) is 19.1 Å². The normalized spacial score (nSPS) is 17.1. The first-order chi connectivity index (χ1) is 16.9. The number of benzene rings is 2. The molecule has 0 spiro atoms. The number of carbonyl (C=O) groups is 4. The zero-order chi connectivity index (χ0) is 24.8. The van der Waals surface area contributed by atoms with E-state index in [-0.39, 0.29) is 17.4 Å². The van der Waals surface area contributed by atoms with Crippen molar-refractivity contribution in [1.82, 2.24) is 9.80 Å². The summed E-state index contributed by atoms with van der Waals surface area (Å²) in [5.41, 5.74) is 1.14. The molecule has 2 aromatic rings. The van der Waals surface area contributed by atoms with Gasteiger partial charge in [-0.05, 0) is 53.7 Å². The fraction of sp³-hybridized carbons (Fsp3) is 0.250. The molecule has 0 saturated carbocycles. The van der Waals surface area contributed by atoms with Crippen molar-refractivity contribution in [1.29, 1.82) is 0 Å². The maximum absolute atomic E-state index is 12.7. The summed E-state index contributed by atoms with van der Waals surface area (Å²) in [7, 11) is 0. The monoisotopic (exact) mass is 515 g/mol. The van der Waals surface area contributed by atoms with E-state index in [0.29, 0.717) is 48.3 Å². The molecule has 0 aromatic heterocycles. The van der Waals surface area contributed by atoms with E-state index < -0.39 is 23.6 Å². The third kappa shape index (κ3) is 6.62. The van der Waals surface area contributed by atoms with Crippen LogP contribution in [0, 0.1) is 0 Å². The number of amides is 4. The molecule has 0 aliphatic carbocycles. The van der Waals surface area contributed by atoms with Crippen LogP contribution in [0.5, 0.6) is 5.75 Å². The van der Waals surface area contributed by atoms with Crippen LogP contribution < -0.4 is 10.1 Å². The molecule has 182 valence electrons. The molecule has 4 rings (SSSR count). The molecule has 11 heteroatoms. The lowest BCUT2D eigenvalue weighted by Crippen LogP contribution is -2.42. The molecule has 2 aliphatic rings. The number of carbonyl (C=O) groups excluding carboxylic acids is 4. The van der Waals surface area contributed by atoms with Crippen LogP contribution >= 0.6 is 23.4 Å². The molecule has 2 aliphatic heterocycles. The summed E-state index contributed by atoms with van der Waals surface area (Å²) < 4.78 is 10.8. The molecule has 9 nitrogen and oxygen atoms in total. The minimum absolute atomic E-state index is 0.0739. The predicted octanol–water partition coefficient (Wildman–Crippen LogP) is 3.25. The number of imide groups is 1. The number of nitrogens with one attached hydrogen (secondary N) is 1. The van der Waals surface area contributed by atoms with Crippen molar-refractivity contribution in [3.8, 4) is 5.75 Å². The topological polar surface area (TPSA) is 105 Å². The average molecular weight is 516 g/mol. The van der Waals surface area contributed by atoms with Crippen LogP contribution in [0.2, 0.25) is 5.02 Å². The third-order valence-electron chi connectivity index (χ3n) is 5.19. The summed E-state index contributed by atoms with van der Waals surface area (Å²) >= 11 is 6.67. The number of hydrogen-bond acceptors (Lipinski definition) is 7. The van der Waals surface area contributed by atoms with Gasteiger partial charge in [-0.3, -0.25) is 24.1 Å². The van der Waals surface area contributed by atoms with Crippen LogP contribution in [0.3, 0.4) is 0 Å². The van der Waals surface area contributed by atoms with Crippen molar-refractivity contribution in [2.75, 3.05) is 44.8 Å². The van der Waals surface area contributed by atoms with Gasteiger partial charge in [0.15, 0.2) is 6.61 Å². The Morgan fingerprint density at radius 3 is 2.57 bits per heavy atom. The molecular weight excluding hydrogens is 494 g/mol. The second kappa shape index (κ2) is 11.4. The lowest BCUT2D eigenvalue weighted by Gasteiger charge is -2.26. The van der Waals surface area contributed by atoms with Crippen molar-refractivity contribution in [2.45, 2.75) is 0 Å². The summed E-state index contributed by atoms with van der Waals surface area (Å²) in [6, 6.07) is 13.4. The van der Waals surface area contributed by atoms with Gasteiger partial charge in [0.2, 0.25) is 5.91 Å². The van der Waals surface area contributed by atoms with Crippen molar-refractivity contribution in [3.05, 3.63) is 64.0 Å². The van der Waals surface area contributed by atoms with Crippen LogP contribution in [0.1, 0.15) is 5.56 Å². The first kappa shape index (κ1) is 24.8. The average Bonchev–Trinajstić information content (AvgIpc) is 3.11. The molecule has 2 heterocycles. The first-order valence-electron chi connectivity index (χ1n) is 10.8. The minimum Gasteiger partial charge on any atom is -0.484 e. The van der Waals surface area contributed by atoms with E-state index in [0.717, 1.165) is 16.7 Å². The van der Waals surface area contributed by atoms with Crippen molar-refractivity contribution in [3.63, 3.8) is 0 Å². The zero-order valence-corrected chi connectivity index (χ0v) is 20.1. The number of ether oxygens (including phenoxy) is 2. The number of rotatable bonds is 7. The number of morpholine rings is 1. The number of thioether (sulfide) groups is 1. The smallest absolute Gasteiger partial charge is 0.294 e. The summed E-state index contributed by atoms with van der Waals surface area (Å²) in [4.78, 5) is 52.3. The Kier molecular flexibility index (Phi) is 8.06. The number of anilines is 1. The van der Waals surface area contributed by atoms with Gasteiger partial charge in [0.25, 0.3) is 17.1 Å². The Morgan fingerprint density at radius 2 is 1.86 bits per heavy atom. The Labute approximate surface area is 211 Å². The highest BCUT2D eigenvalue weighted by atomic mass is 35.5. The molecule has 4 amide bonds. The van der Waals surface area contributed by atoms with Crippen molar-refractivity contribution in [2.24, 2.45) is 0 Å². The maximum Gasteiger partial charge on any atom is 0.294 e. The quantitative estimate of drug-likeness (QED) is 0.564. The van der Waals surface area contributed by atoms with Crippen LogP contribution in [0.4, 0.5) is 10.5 Å². The van der Waals surface area contributed by atoms with Crippen LogP contribution in [0.25, 0.3) is 6.08 Å². The standard InChI is InChI=1S/C24H22ClN3O6S/c25-17-2-1-3-18(13-17)26-21(29)14-28-23(31)20(35-24(28)32)12-16-4-6-19(7-5-16)34-15-22(30)27-8-10-33-11-9-27/h1-7,12-13H,8-11,14-15H2,(H,26,29)/b20-12+. The van der Waals surface area contributed by atoms with E-state index in [1.54, 1.807) is 59.5 Å². The molecule has 2 fully saturated rings. The van der Waals surface area contributed by atoms with Gasteiger partial charge in [-0.1, -0.05) is 29.8 Å². The SMILES string of the molecule is O=C(CN1C(=O)S/C(=C/c2ccc(OCC(=O)N3CCOCC3)cc2)C1=O)Nc1cccc(Cl)c1. The van der Waals surface area contributed by atoms with Gasteiger partial charge in [0.1, 0.15) is 12.3 Å². The molecule has 35 heavy (non-hydrogen) atoms. The lowest BCUT2D eigenvalue weighted by molar-refractivity contribution is -0.137. The molecule has 0 bridgehead atoms. The Morgan fingerprint density at radius 1 is 1.11 bits per heavy atom. The summed E-state index contributed by atoms with van der Waals surface area (Å²) in [6.45, 7) is 1.68. The van der Waals surface area contributed by atoms with Crippen LogP contribution in [0.15, 0.2) is 53.4 Å². The van der Waals surface area contributed by atoms with E-state index >= 15 is 0 Å². The van der Waals surface area contributed by atoms with Crippen molar-refractivity contribution < 1.29 is 28.7 Å². The fourth-order valence-corrected chi connectivity index (χ4v) is 4.44. The fourth-order valence-electron chi connectivity index (χ4n) is 3.41. The first-order valence-corrected chi connectivity index (χ1v) is 12.0. The van der Waals surface area contributed by atoms with E-state index in [1.165, 1.54) is 0 Å². The van der Waals surface area contributed by atoms with Crippen molar-refractivity contribution >= 4 is 58.1 Å². The molecule has 2 aromatic carbocycles. The number of halogens is 1. The third-order valence-corrected chi connectivity index (χ3v) is 6.33. The van der Waals surface area contributed by atoms with Gasteiger partial charge >= 0.3 is 0 Å². The molecule has 2 saturated heterocycles. The molecule has 0 atom stereocenters. The molecule has 0 unspecified atom stereocenters. The van der Waals surface area contributed by atoms with Crippen LogP contribution in [-0.4, -0.2) is 72.2 Å². The van der Waals surface area contributed by atoms with Gasteiger partial charge < -0.3 is 19.7 Å². The minimum atomic E-state index is -0.544. The predicted molar refractivity (Wildman–Crippen MR) is 132 cm³/mol. The Hall–Kier alpha value is -3.34. The Bertz CT molecular complexity index is 1160. The van der Waals surface area contributed by atoms with E-state index in [1.807, 2.05) is 0 Å². The molecular formula is C24H22ClN3O6S. The van der Waals surface area contributed by atoms with E-state index in [4.69, 9.17) is 21.1 Å². The van der Waals surface area contributed by atoms with Gasteiger partial charge in [-0.25, -0.2) is 0 Å². The summed E-state index contributed by atoms with van der Waals surface area (Å²) in [6.07, 6.45) is 1.57. The van der Waals surface area contributed by atoms with Gasteiger partial charge in [-0.15, -0.1) is 0 Å². The Balaban J connectivity index is 1.32. The second-order valence-corrected chi connectivity index (χ2v) is 9.11. The highest BCUT2D eigenvalue weighted by Crippen LogP contribution is 2.32. The van der Waals surface area contributed by atoms with Gasteiger partial charge in [0, 0.05) is 23.8 Å². The maximum atomic E-state index is 12.7. The summed E-state index contributed by atoms with van der Waals surface area (Å²) in [5, 5.41) is 2.55. The summed E-state index contributed by atoms with van der Waals surface area (Å²) in [5.74, 6) is -0.651. The number of hydrogen-bond donors (Lipinski definition) is 1. The molecule has 0 radical (unpaired) electrons. The zero-order valence-electron chi connectivity index (χ0n) is 18.6. The van der Waals surface area contributed by atoms with E-state index in [2.05, 4.69) is 5.32 Å². The largest absolute Gasteiger partial charge is 0.484 e. The second-order valence-electron chi connectivity index (χ2n) is 7.68. The van der Waals surface area contributed by atoms with Gasteiger partial charge in [-0.2, -0.15) is 0 Å².